The minimum absolute atomic E-state index is 0.0839. The quantitative estimate of drug-likeness (QED) is 0.677. The van der Waals surface area contributed by atoms with E-state index in [0.29, 0.717) is 17.5 Å². The molecule has 0 fully saturated rings. The highest BCUT2D eigenvalue weighted by molar-refractivity contribution is 6.30. The number of fused-ring (bicyclic) bond motifs is 1. The minimum Gasteiger partial charge on any atom is -0.355 e. The van der Waals surface area contributed by atoms with Crippen LogP contribution in [-0.2, 0) is 4.79 Å². The zero-order valence-electron chi connectivity index (χ0n) is 16.0. The van der Waals surface area contributed by atoms with Gasteiger partial charge in [-0.1, -0.05) is 66.1 Å². The molecule has 0 radical (unpaired) electrons. The third-order valence-electron chi connectivity index (χ3n) is 4.74. The molecule has 0 aliphatic carbocycles. The number of tetrazole rings is 1. The smallest absolute Gasteiger partial charge is 0.251 e. The molecule has 29 heavy (non-hydrogen) atoms. The molecule has 1 amide bonds. The fraction of sp³-hybridized carbons (Fsp3) is 0.238. The third kappa shape index (κ3) is 4.00. The number of rotatable bonds is 6. The van der Waals surface area contributed by atoms with Crippen molar-refractivity contribution in [2.75, 3.05) is 18.0 Å². The molecule has 0 saturated heterocycles. The van der Waals surface area contributed by atoms with Gasteiger partial charge in [0.25, 0.3) is 5.95 Å². The SMILES string of the molecule is CCCNC(=O)CN1C(c2ccc(Cl)cc2)=C[C@@H](c2ccccc2)n2nnnc21. The molecule has 0 unspecified atom stereocenters. The van der Waals surface area contributed by atoms with E-state index in [0.717, 1.165) is 23.2 Å². The molecule has 148 valence electrons. The van der Waals surface area contributed by atoms with Gasteiger partial charge in [0.2, 0.25) is 5.91 Å². The third-order valence-corrected chi connectivity index (χ3v) is 4.99. The van der Waals surface area contributed by atoms with Gasteiger partial charge >= 0.3 is 0 Å². The summed E-state index contributed by atoms with van der Waals surface area (Å²) in [5.41, 5.74) is 2.86. The molecule has 8 heteroatoms. The van der Waals surface area contributed by atoms with Crippen molar-refractivity contribution in [3.8, 4) is 0 Å². The van der Waals surface area contributed by atoms with Crippen LogP contribution in [0.15, 0.2) is 60.7 Å². The maximum absolute atomic E-state index is 12.5. The molecule has 0 bridgehead atoms. The largest absolute Gasteiger partial charge is 0.355 e. The van der Waals surface area contributed by atoms with Crippen LogP contribution in [0.5, 0.6) is 0 Å². The molecule has 3 aromatic rings. The summed E-state index contributed by atoms with van der Waals surface area (Å²) in [7, 11) is 0. The van der Waals surface area contributed by atoms with Crippen LogP contribution in [-0.4, -0.2) is 39.2 Å². The second-order valence-electron chi connectivity index (χ2n) is 6.77. The molecule has 1 aromatic heterocycles. The van der Waals surface area contributed by atoms with E-state index in [1.807, 2.05) is 66.4 Å². The molecule has 2 heterocycles. The summed E-state index contributed by atoms with van der Waals surface area (Å²) in [6, 6.07) is 17.4. The molecule has 2 aromatic carbocycles. The van der Waals surface area contributed by atoms with E-state index in [1.165, 1.54) is 0 Å². The van der Waals surface area contributed by atoms with Gasteiger partial charge in [0.05, 0.1) is 5.70 Å². The van der Waals surface area contributed by atoms with Crippen LogP contribution in [0.25, 0.3) is 5.70 Å². The first kappa shape index (κ1) is 19.1. The number of carbonyl (C=O) groups is 1. The number of nitrogens with zero attached hydrogens (tertiary/aromatic N) is 5. The van der Waals surface area contributed by atoms with Crippen molar-refractivity contribution in [2.45, 2.75) is 19.4 Å². The highest BCUT2D eigenvalue weighted by atomic mass is 35.5. The molecule has 4 rings (SSSR count). The average Bonchev–Trinajstić information content (AvgIpc) is 3.24. The topological polar surface area (TPSA) is 75.9 Å². The van der Waals surface area contributed by atoms with Gasteiger partial charge in [-0.25, -0.2) is 0 Å². The molecule has 1 atom stereocenters. The lowest BCUT2D eigenvalue weighted by atomic mass is 10.0. The van der Waals surface area contributed by atoms with Crippen molar-refractivity contribution in [3.63, 3.8) is 0 Å². The van der Waals surface area contributed by atoms with Crippen LogP contribution >= 0.6 is 11.6 Å². The standard InChI is InChI=1S/C21H21ClN6O/c1-2-12-23-20(29)14-27-18(16-8-10-17(22)11-9-16)13-19(15-6-4-3-5-7-15)28-21(27)24-25-26-28/h3-11,13,19H,2,12,14H2,1H3,(H,23,29)/t19-/m0/s1. The van der Waals surface area contributed by atoms with Gasteiger partial charge in [-0.3, -0.25) is 9.69 Å². The summed E-state index contributed by atoms with van der Waals surface area (Å²) < 4.78 is 1.74. The number of anilines is 1. The van der Waals surface area contributed by atoms with Crippen LogP contribution in [0.3, 0.4) is 0 Å². The van der Waals surface area contributed by atoms with E-state index in [2.05, 4.69) is 26.9 Å². The van der Waals surface area contributed by atoms with Gasteiger partial charge in [-0.15, -0.1) is 0 Å². The molecular formula is C21H21ClN6O. The van der Waals surface area contributed by atoms with Crippen molar-refractivity contribution in [2.24, 2.45) is 0 Å². The van der Waals surface area contributed by atoms with Crippen LogP contribution in [0.1, 0.15) is 30.5 Å². The Hall–Kier alpha value is -3.19. The van der Waals surface area contributed by atoms with Crippen molar-refractivity contribution >= 4 is 29.2 Å². The number of benzene rings is 2. The number of hydrogen-bond donors (Lipinski definition) is 1. The first-order chi connectivity index (χ1) is 14.2. The molecular weight excluding hydrogens is 388 g/mol. The zero-order valence-corrected chi connectivity index (χ0v) is 16.8. The van der Waals surface area contributed by atoms with Gasteiger partial charge in [-0.2, -0.15) is 4.68 Å². The lowest BCUT2D eigenvalue weighted by molar-refractivity contribution is -0.119. The van der Waals surface area contributed by atoms with Gasteiger partial charge in [0, 0.05) is 11.6 Å². The molecule has 1 aliphatic heterocycles. The predicted octanol–water partition coefficient (Wildman–Crippen LogP) is 3.30. The van der Waals surface area contributed by atoms with Gasteiger partial charge in [0.15, 0.2) is 0 Å². The summed E-state index contributed by atoms with van der Waals surface area (Å²) in [5, 5.41) is 15.9. The van der Waals surface area contributed by atoms with E-state index in [9.17, 15) is 4.79 Å². The number of hydrogen-bond acceptors (Lipinski definition) is 5. The predicted molar refractivity (Wildman–Crippen MR) is 112 cm³/mol. The Kier molecular flexibility index (Phi) is 5.57. The number of nitrogens with one attached hydrogen (secondary N) is 1. The number of carbonyl (C=O) groups excluding carboxylic acids is 1. The molecule has 7 nitrogen and oxygen atoms in total. The highest BCUT2D eigenvalue weighted by Crippen LogP contribution is 2.36. The van der Waals surface area contributed by atoms with E-state index in [-0.39, 0.29) is 18.5 Å². The first-order valence-corrected chi connectivity index (χ1v) is 9.90. The van der Waals surface area contributed by atoms with Crippen molar-refractivity contribution in [3.05, 3.63) is 76.8 Å². The molecule has 0 saturated carbocycles. The van der Waals surface area contributed by atoms with E-state index in [4.69, 9.17) is 11.6 Å². The lowest BCUT2D eigenvalue weighted by Crippen LogP contribution is -2.40. The summed E-state index contributed by atoms with van der Waals surface area (Å²) in [4.78, 5) is 14.3. The van der Waals surface area contributed by atoms with Gasteiger partial charge < -0.3 is 5.32 Å². The second kappa shape index (κ2) is 8.45. The summed E-state index contributed by atoms with van der Waals surface area (Å²) in [6.07, 6.45) is 2.95. The van der Waals surface area contributed by atoms with Gasteiger partial charge in [0.1, 0.15) is 12.6 Å². The minimum atomic E-state index is -0.179. The summed E-state index contributed by atoms with van der Waals surface area (Å²) >= 11 is 6.08. The van der Waals surface area contributed by atoms with Gasteiger partial charge in [-0.05, 0) is 46.2 Å². The fourth-order valence-corrected chi connectivity index (χ4v) is 3.47. The Morgan fingerprint density at radius 2 is 1.90 bits per heavy atom. The van der Waals surface area contributed by atoms with Crippen molar-refractivity contribution < 1.29 is 4.79 Å². The van der Waals surface area contributed by atoms with E-state index < -0.39 is 0 Å². The van der Waals surface area contributed by atoms with Crippen LogP contribution < -0.4 is 10.2 Å². The Morgan fingerprint density at radius 3 is 2.62 bits per heavy atom. The van der Waals surface area contributed by atoms with Crippen molar-refractivity contribution in [1.29, 1.82) is 0 Å². The Balaban J connectivity index is 1.78. The Labute approximate surface area is 174 Å². The number of aromatic nitrogens is 4. The normalized spacial score (nSPS) is 15.6. The maximum Gasteiger partial charge on any atom is 0.251 e. The lowest BCUT2D eigenvalue weighted by Gasteiger charge is -2.32. The van der Waals surface area contributed by atoms with E-state index >= 15 is 0 Å². The average molecular weight is 409 g/mol. The molecule has 0 spiro atoms. The maximum atomic E-state index is 12.5. The summed E-state index contributed by atoms with van der Waals surface area (Å²) in [6.45, 7) is 2.77. The zero-order chi connectivity index (χ0) is 20.2. The summed E-state index contributed by atoms with van der Waals surface area (Å²) in [5.74, 6) is 0.442. The molecule has 1 N–H and O–H groups in total. The second-order valence-corrected chi connectivity index (χ2v) is 7.21. The fourth-order valence-electron chi connectivity index (χ4n) is 3.34. The van der Waals surface area contributed by atoms with E-state index in [1.54, 1.807) is 4.68 Å². The van der Waals surface area contributed by atoms with Crippen molar-refractivity contribution in [1.82, 2.24) is 25.5 Å². The monoisotopic (exact) mass is 408 g/mol. The molecule has 1 aliphatic rings. The Morgan fingerprint density at radius 1 is 1.14 bits per heavy atom. The van der Waals surface area contributed by atoms with Crippen LogP contribution in [0, 0.1) is 0 Å². The highest BCUT2D eigenvalue weighted by Gasteiger charge is 2.31. The number of amides is 1. The van der Waals surface area contributed by atoms with Crippen LogP contribution in [0.4, 0.5) is 5.95 Å². The number of halogens is 1. The number of allylic oxidation sites excluding steroid dienone is 1. The van der Waals surface area contributed by atoms with Crippen LogP contribution in [0.2, 0.25) is 5.02 Å². The Bertz CT molecular complexity index is 1020. The first-order valence-electron chi connectivity index (χ1n) is 9.52.